The van der Waals surface area contributed by atoms with Gasteiger partial charge in [-0.3, -0.25) is 4.90 Å². The highest BCUT2D eigenvalue weighted by Crippen LogP contribution is 2.39. The maximum atomic E-state index is 5.98. The Labute approximate surface area is 187 Å². The molecule has 0 unspecified atom stereocenters. The molecule has 2 aliphatic heterocycles. The molecule has 2 aromatic carbocycles. The maximum Gasteiger partial charge on any atom is 0.123 e. The van der Waals surface area contributed by atoms with Crippen molar-refractivity contribution in [2.75, 3.05) is 53.0 Å². The second-order valence-corrected chi connectivity index (χ2v) is 9.58. The number of rotatable bonds is 6. The van der Waals surface area contributed by atoms with Crippen LogP contribution in [0.3, 0.4) is 0 Å². The van der Waals surface area contributed by atoms with Crippen LogP contribution in [-0.2, 0) is 5.41 Å². The summed E-state index contributed by atoms with van der Waals surface area (Å²) in [6.45, 7) is 13.9. The molecule has 0 N–H and O–H groups in total. The maximum absolute atomic E-state index is 5.98. The average Bonchev–Trinajstić information content (AvgIpc) is 2.76. The summed E-state index contributed by atoms with van der Waals surface area (Å²) in [5, 5.41) is 0. The van der Waals surface area contributed by atoms with Gasteiger partial charge in [0.15, 0.2) is 0 Å². The van der Waals surface area contributed by atoms with E-state index in [0.29, 0.717) is 0 Å². The molecular weight excluding hydrogens is 384 g/mol. The summed E-state index contributed by atoms with van der Waals surface area (Å²) >= 11 is 0. The fraction of sp³-hybridized carbons (Fsp3) is 0.481. The fourth-order valence-corrected chi connectivity index (χ4v) is 4.34. The summed E-state index contributed by atoms with van der Waals surface area (Å²) in [5.41, 5.74) is 5.18. The lowest BCUT2D eigenvalue weighted by atomic mass is 9.79. The number of nitrogens with zero attached hydrogens (tertiary/aromatic N) is 2. The van der Waals surface area contributed by atoms with Gasteiger partial charge in [0.2, 0.25) is 0 Å². The molecule has 0 atom stereocenters. The third-order valence-electron chi connectivity index (χ3n) is 6.68. The van der Waals surface area contributed by atoms with E-state index in [4.69, 9.17) is 9.47 Å². The zero-order valence-electron chi connectivity index (χ0n) is 19.5. The molecule has 0 amide bonds. The number of ether oxygens (including phenoxy) is 2. The molecule has 0 aromatic heterocycles. The quantitative estimate of drug-likeness (QED) is 0.619. The molecule has 4 nitrogen and oxygen atoms in total. The monoisotopic (exact) mass is 420 g/mol. The van der Waals surface area contributed by atoms with Gasteiger partial charge in [-0.25, -0.2) is 0 Å². The Kier molecular flexibility index (Phi) is 6.68. The minimum Gasteiger partial charge on any atom is -0.493 e. The number of allylic oxidation sites excluding steroid dienone is 1. The van der Waals surface area contributed by atoms with Crippen LogP contribution in [0.25, 0.3) is 11.6 Å². The van der Waals surface area contributed by atoms with Gasteiger partial charge in [-0.2, -0.15) is 0 Å². The number of piperazine rings is 1. The van der Waals surface area contributed by atoms with E-state index < -0.39 is 0 Å². The van der Waals surface area contributed by atoms with Gasteiger partial charge in [-0.05, 0) is 66.8 Å². The predicted molar refractivity (Wildman–Crippen MR) is 129 cm³/mol. The molecular formula is C27H36N2O2. The van der Waals surface area contributed by atoms with E-state index in [1.165, 1.54) is 22.3 Å². The summed E-state index contributed by atoms with van der Waals surface area (Å²) in [6.07, 6.45) is 3.30. The van der Waals surface area contributed by atoms with Crippen molar-refractivity contribution in [1.82, 2.24) is 9.80 Å². The molecule has 0 saturated carbocycles. The standard InChI is InChI=1S/C27H36N2O2/c1-21(23-7-10-26-25(20-23)27(2,3)11-17-31-26)19-22-5-8-24(9-6-22)30-18-16-29-14-12-28(4)13-15-29/h5-10,19-20H,11-18H2,1-4H3. The van der Waals surface area contributed by atoms with Crippen LogP contribution in [0.2, 0.25) is 0 Å². The predicted octanol–water partition coefficient (Wildman–Crippen LogP) is 4.93. The molecule has 0 spiro atoms. The zero-order chi connectivity index (χ0) is 21.8. The zero-order valence-corrected chi connectivity index (χ0v) is 19.5. The van der Waals surface area contributed by atoms with E-state index in [-0.39, 0.29) is 5.41 Å². The summed E-state index contributed by atoms with van der Waals surface area (Å²) in [7, 11) is 2.19. The lowest BCUT2D eigenvalue weighted by Gasteiger charge is -2.32. The minimum atomic E-state index is 0.160. The normalized spacial score (nSPS) is 19.5. The molecule has 4 heteroatoms. The third kappa shape index (κ3) is 5.50. The highest BCUT2D eigenvalue weighted by molar-refractivity contribution is 5.81. The first-order valence-electron chi connectivity index (χ1n) is 11.5. The van der Waals surface area contributed by atoms with E-state index in [0.717, 1.165) is 63.9 Å². The van der Waals surface area contributed by atoms with Crippen molar-refractivity contribution in [3.63, 3.8) is 0 Å². The molecule has 1 saturated heterocycles. The Balaban J connectivity index is 1.36. The molecule has 166 valence electrons. The van der Waals surface area contributed by atoms with Crippen LogP contribution < -0.4 is 9.47 Å². The van der Waals surface area contributed by atoms with Gasteiger partial charge in [-0.15, -0.1) is 0 Å². The van der Waals surface area contributed by atoms with Crippen LogP contribution >= 0.6 is 0 Å². The van der Waals surface area contributed by atoms with Gasteiger partial charge in [0.1, 0.15) is 18.1 Å². The third-order valence-corrected chi connectivity index (χ3v) is 6.68. The number of fused-ring (bicyclic) bond motifs is 1. The van der Waals surface area contributed by atoms with Gasteiger partial charge in [0.05, 0.1) is 6.61 Å². The topological polar surface area (TPSA) is 24.9 Å². The smallest absolute Gasteiger partial charge is 0.123 e. The molecule has 2 aliphatic rings. The SMILES string of the molecule is CC(=Cc1ccc(OCCN2CCN(C)CC2)cc1)c1ccc2c(c1)C(C)(C)CCO2. The van der Waals surface area contributed by atoms with Crippen LogP contribution in [0.1, 0.15) is 43.9 Å². The van der Waals surface area contributed by atoms with Crippen LogP contribution in [0.15, 0.2) is 42.5 Å². The number of hydrogen-bond acceptors (Lipinski definition) is 4. The second-order valence-electron chi connectivity index (χ2n) is 9.58. The fourth-order valence-electron chi connectivity index (χ4n) is 4.34. The van der Waals surface area contributed by atoms with E-state index in [9.17, 15) is 0 Å². The molecule has 1 fully saturated rings. The first-order valence-corrected chi connectivity index (χ1v) is 11.5. The highest BCUT2D eigenvalue weighted by atomic mass is 16.5. The van der Waals surface area contributed by atoms with Gasteiger partial charge in [0.25, 0.3) is 0 Å². The Morgan fingerprint density at radius 3 is 2.55 bits per heavy atom. The van der Waals surface area contributed by atoms with Crippen molar-refractivity contribution in [2.24, 2.45) is 0 Å². The Bertz CT molecular complexity index is 909. The molecule has 0 radical (unpaired) electrons. The number of hydrogen-bond donors (Lipinski definition) is 0. The molecule has 31 heavy (non-hydrogen) atoms. The summed E-state index contributed by atoms with van der Waals surface area (Å²) in [4.78, 5) is 4.86. The Hall–Kier alpha value is -2.30. The number of likely N-dealkylation sites (N-methyl/N-ethyl adjacent to an activating group) is 1. The van der Waals surface area contributed by atoms with E-state index in [1.54, 1.807) is 0 Å². The van der Waals surface area contributed by atoms with Crippen LogP contribution in [0.5, 0.6) is 11.5 Å². The lowest BCUT2D eigenvalue weighted by molar-refractivity contribution is 0.134. The molecule has 0 bridgehead atoms. The van der Waals surface area contributed by atoms with Crippen molar-refractivity contribution in [1.29, 1.82) is 0 Å². The van der Waals surface area contributed by atoms with Crippen molar-refractivity contribution < 1.29 is 9.47 Å². The van der Waals surface area contributed by atoms with Gasteiger partial charge >= 0.3 is 0 Å². The Morgan fingerprint density at radius 1 is 1.06 bits per heavy atom. The average molecular weight is 421 g/mol. The first-order chi connectivity index (χ1) is 14.9. The van der Waals surface area contributed by atoms with E-state index in [2.05, 4.69) is 86.2 Å². The van der Waals surface area contributed by atoms with E-state index >= 15 is 0 Å². The van der Waals surface area contributed by atoms with Gasteiger partial charge in [0, 0.05) is 38.3 Å². The van der Waals surface area contributed by atoms with Crippen molar-refractivity contribution in [2.45, 2.75) is 32.6 Å². The summed E-state index contributed by atoms with van der Waals surface area (Å²) in [5.74, 6) is 1.97. The Morgan fingerprint density at radius 2 is 1.81 bits per heavy atom. The number of benzene rings is 2. The van der Waals surface area contributed by atoms with Crippen LogP contribution in [0, 0.1) is 0 Å². The summed E-state index contributed by atoms with van der Waals surface area (Å²) < 4.78 is 11.8. The second kappa shape index (κ2) is 9.46. The van der Waals surface area contributed by atoms with Crippen LogP contribution in [0.4, 0.5) is 0 Å². The van der Waals surface area contributed by atoms with Crippen molar-refractivity contribution in [3.05, 3.63) is 59.2 Å². The van der Waals surface area contributed by atoms with Gasteiger partial charge < -0.3 is 14.4 Å². The first kappa shape index (κ1) is 21.9. The van der Waals surface area contributed by atoms with E-state index in [1.807, 2.05) is 0 Å². The van der Waals surface area contributed by atoms with Crippen LogP contribution in [-0.4, -0.2) is 62.8 Å². The van der Waals surface area contributed by atoms with Gasteiger partial charge in [-0.1, -0.05) is 38.1 Å². The lowest BCUT2D eigenvalue weighted by Crippen LogP contribution is -2.45. The largest absolute Gasteiger partial charge is 0.493 e. The summed E-state index contributed by atoms with van der Waals surface area (Å²) in [6, 6.07) is 15.0. The van der Waals surface area contributed by atoms with Crippen molar-refractivity contribution >= 4 is 11.6 Å². The van der Waals surface area contributed by atoms with Crippen molar-refractivity contribution in [3.8, 4) is 11.5 Å². The molecule has 2 heterocycles. The molecule has 4 rings (SSSR count). The molecule has 2 aromatic rings. The molecule has 0 aliphatic carbocycles. The highest BCUT2D eigenvalue weighted by Gasteiger charge is 2.28. The minimum absolute atomic E-state index is 0.160.